The summed E-state index contributed by atoms with van der Waals surface area (Å²) >= 11 is 0. The molecule has 1 aliphatic heterocycles. The molecule has 1 unspecified atom stereocenters. The highest BCUT2D eigenvalue weighted by atomic mass is 35.5. The van der Waals surface area contributed by atoms with Crippen molar-refractivity contribution in [3.8, 4) is 0 Å². The van der Waals surface area contributed by atoms with Crippen LogP contribution in [0.25, 0.3) is 0 Å². The Bertz CT molecular complexity index is 989. The predicted octanol–water partition coefficient (Wildman–Crippen LogP) is 0.581. The summed E-state index contributed by atoms with van der Waals surface area (Å²) in [7, 11) is -5.54. The first kappa shape index (κ1) is 20.8. The smallest absolute Gasteiger partial charge is 0.243 e. The summed E-state index contributed by atoms with van der Waals surface area (Å²) in [4.78, 5) is 4.23. The fourth-order valence-corrected chi connectivity index (χ4v) is 5.27. The molecular weight excluding hydrogens is 400 g/mol. The standard InChI is InChI=1S/C15H20N4O4S2.ClH/c1-18-8-7-17-15(18)14-11-16-6-9-19(14)25(22,23)13-5-3-4-12(10-13)24(2,20)21;/h3-5,7-8,10,14,16H,6,9,11H2,1-2H3;1H. The lowest BCUT2D eigenvalue weighted by Crippen LogP contribution is -2.49. The number of aromatic nitrogens is 2. The zero-order chi connectivity index (χ0) is 18.2. The van der Waals surface area contributed by atoms with Gasteiger partial charge in [0.25, 0.3) is 0 Å². The zero-order valence-corrected chi connectivity index (χ0v) is 16.8. The molecule has 0 spiro atoms. The van der Waals surface area contributed by atoms with Gasteiger partial charge in [-0.15, -0.1) is 12.4 Å². The maximum Gasteiger partial charge on any atom is 0.243 e. The number of benzene rings is 1. The molecule has 0 radical (unpaired) electrons. The van der Waals surface area contributed by atoms with Crippen LogP contribution in [0.3, 0.4) is 0 Å². The molecule has 1 fully saturated rings. The highest BCUT2D eigenvalue weighted by molar-refractivity contribution is 7.91. The van der Waals surface area contributed by atoms with E-state index in [-0.39, 0.29) is 28.7 Å². The summed E-state index contributed by atoms with van der Waals surface area (Å²) in [5.74, 6) is 0.634. The number of rotatable bonds is 4. The third-order valence-corrected chi connectivity index (χ3v) is 7.21. The van der Waals surface area contributed by atoms with Gasteiger partial charge < -0.3 is 9.88 Å². The Balaban J connectivity index is 0.00000243. The van der Waals surface area contributed by atoms with Gasteiger partial charge in [0.1, 0.15) is 5.82 Å². The number of hydrogen-bond donors (Lipinski definition) is 1. The number of sulfone groups is 1. The Morgan fingerprint density at radius 3 is 2.50 bits per heavy atom. The van der Waals surface area contributed by atoms with E-state index in [0.29, 0.717) is 18.9 Å². The monoisotopic (exact) mass is 420 g/mol. The summed E-state index contributed by atoms with van der Waals surface area (Å²) in [6.07, 6.45) is 4.44. The molecule has 1 N–H and O–H groups in total. The Hall–Kier alpha value is -1.46. The van der Waals surface area contributed by atoms with Gasteiger partial charge in [-0.2, -0.15) is 4.31 Å². The second-order valence-corrected chi connectivity index (χ2v) is 9.89. The fourth-order valence-electron chi connectivity index (χ4n) is 2.89. The van der Waals surface area contributed by atoms with Gasteiger partial charge in [-0.25, -0.2) is 21.8 Å². The largest absolute Gasteiger partial charge is 0.337 e. The lowest BCUT2D eigenvalue weighted by Gasteiger charge is -2.34. The molecule has 8 nitrogen and oxygen atoms in total. The Morgan fingerprint density at radius 1 is 1.19 bits per heavy atom. The molecule has 0 saturated carbocycles. The van der Waals surface area contributed by atoms with E-state index >= 15 is 0 Å². The van der Waals surface area contributed by atoms with Crippen molar-refractivity contribution in [2.24, 2.45) is 7.05 Å². The first-order chi connectivity index (χ1) is 11.7. The van der Waals surface area contributed by atoms with Crippen molar-refractivity contribution in [2.75, 3.05) is 25.9 Å². The van der Waals surface area contributed by atoms with Crippen molar-refractivity contribution < 1.29 is 16.8 Å². The molecule has 26 heavy (non-hydrogen) atoms. The van der Waals surface area contributed by atoms with Crippen molar-refractivity contribution in [1.29, 1.82) is 0 Å². The molecule has 0 bridgehead atoms. The average Bonchev–Trinajstić information content (AvgIpc) is 3.00. The molecule has 1 aromatic carbocycles. The lowest BCUT2D eigenvalue weighted by molar-refractivity contribution is 0.258. The first-order valence-electron chi connectivity index (χ1n) is 7.71. The molecule has 11 heteroatoms. The number of sulfonamides is 1. The van der Waals surface area contributed by atoms with Gasteiger partial charge in [-0.1, -0.05) is 6.07 Å². The molecule has 1 saturated heterocycles. The molecule has 1 aromatic heterocycles. The third-order valence-electron chi connectivity index (χ3n) is 4.19. The van der Waals surface area contributed by atoms with Crippen LogP contribution in [0, 0.1) is 0 Å². The molecular formula is C15H21ClN4O4S2. The minimum absolute atomic E-state index is 0. The number of imidazole rings is 1. The van der Waals surface area contributed by atoms with E-state index in [2.05, 4.69) is 10.3 Å². The van der Waals surface area contributed by atoms with Crippen molar-refractivity contribution in [3.05, 3.63) is 42.5 Å². The van der Waals surface area contributed by atoms with Gasteiger partial charge in [-0.05, 0) is 18.2 Å². The van der Waals surface area contributed by atoms with Crippen LogP contribution in [0.15, 0.2) is 46.5 Å². The van der Waals surface area contributed by atoms with Gasteiger partial charge in [0.2, 0.25) is 10.0 Å². The SMILES string of the molecule is Cl.Cn1ccnc1C1CNCCN1S(=O)(=O)c1cccc(S(C)(=O)=O)c1. The van der Waals surface area contributed by atoms with Crippen LogP contribution in [-0.4, -0.2) is 56.6 Å². The van der Waals surface area contributed by atoms with Crippen LogP contribution < -0.4 is 5.32 Å². The second kappa shape index (κ2) is 7.65. The van der Waals surface area contributed by atoms with Crippen molar-refractivity contribution in [2.45, 2.75) is 15.8 Å². The number of nitrogens with one attached hydrogen (secondary N) is 1. The quantitative estimate of drug-likeness (QED) is 0.776. The van der Waals surface area contributed by atoms with E-state index in [1.54, 1.807) is 17.0 Å². The number of halogens is 1. The average molecular weight is 421 g/mol. The Labute approximate surface area is 159 Å². The molecule has 144 valence electrons. The molecule has 1 atom stereocenters. The molecule has 1 aliphatic rings. The number of nitrogens with zero attached hydrogens (tertiary/aromatic N) is 3. The minimum Gasteiger partial charge on any atom is -0.337 e. The van der Waals surface area contributed by atoms with Crippen molar-refractivity contribution >= 4 is 32.3 Å². The van der Waals surface area contributed by atoms with Gasteiger partial charge in [-0.3, -0.25) is 0 Å². The van der Waals surface area contributed by atoms with E-state index in [1.807, 2.05) is 7.05 Å². The third kappa shape index (κ3) is 3.94. The molecule has 2 aromatic rings. The van der Waals surface area contributed by atoms with Crippen LogP contribution in [0.1, 0.15) is 11.9 Å². The predicted molar refractivity (Wildman–Crippen MR) is 99.5 cm³/mol. The number of aryl methyl sites for hydroxylation is 1. The first-order valence-corrected chi connectivity index (χ1v) is 11.0. The van der Waals surface area contributed by atoms with E-state index in [0.717, 1.165) is 6.26 Å². The molecule has 3 rings (SSSR count). The van der Waals surface area contributed by atoms with E-state index in [9.17, 15) is 16.8 Å². The Morgan fingerprint density at radius 2 is 1.88 bits per heavy atom. The number of hydrogen-bond acceptors (Lipinski definition) is 6. The van der Waals surface area contributed by atoms with E-state index < -0.39 is 25.9 Å². The van der Waals surface area contributed by atoms with Crippen LogP contribution in [-0.2, 0) is 26.9 Å². The molecule has 0 aliphatic carbocycles. The summed E-state index contributed by atoms with van der Waals surface area (Å²) in [5.41, 5.74) is 0. The van der Waals surface area contributed by atoms with Gasteiger partial charge in [0.15, 0.2) is 9.84 Å². The normalized spacial score (nSPS) is 19.1. The van der Waals surface area contributed by atoms with Crippen LogP contribution in [0.5, 0.6) is 0 Å². The molecule has 2 heterocycles. The van der Waals surface area contributed by atoms with Gasteiger partial charge >= 0.3 is 0 Å². The maximum atomic E-state index is 13.1. The number of piperazine rings is 1. The maximum absolute atomic E-state index is 13.1. The van der Waals surface area contributed by atoms with Gasteiger partial charge in [0.05, 0.1) is 15.8 Å². The lowest BCUT2D eigenvalue weighted by atomic mass is 10.2. The van der Waals surface area contributed by atoms with Crippen LogP contribution in [0.2, 0.25) is 0 Å². The van der Waals surface area contributed by atoms with E-state index in [1.165, 1.54) is 28.6 Å². The van der Waals surface area contributed by atoms with Crippen LogP contribution in [0.4, 0.5) is 0 Å². The highest BCUT2D eigenvalue weighted by Crippen LogP contribution is 2.28. The van der Waals surface area contributed by atoms with Crippen molar-refractivity contribution in [3.63, 3.8) is 0 Å². The fraction of sp³-hybridized carbons (Fsp3) is 0.400. The summed E-state index contributed by atoms with van der Waals surface area (Å²) in [6.45, 7) is 1.24. The molecule has 0 amide bonds. The highest BCUT2D eigenvalue weighted by Gasteiger charge is 2.36. The van der Waals surface area contributed by atoms with E-state index in [4.69, 9.17) is 0 Å². The minimum atomic E-state index is -3.86. The summed E-state index contributed by atoms with van der Waals surface area (Å²) in [5, 5.41) is 3.18. The van der Waals surface area contributed by atoms with Crippen LogP contribution >= 0.6 is 12.4 Å². The summed E-state index contributed by atoms with van der Waals surface area (Å²) in [6, 6.07) is 5.01. The Kier molecular flexibility index (Phi) is 6.13. The zero-order valence-electron chi connectivity index (χ0n) is 14.4. The van der Waals surface area contributed by atoms with Crippen molar-refractivity contribution in [1.82, 2.24) is 19.2 Å². The second-order valence-electron chi connectivity index (χ2n) is 5.98. The van der Waals surface area contributed by atoms with Gasteiger partial charge in [0, 0.05) is 45.3 Å². The topological polar surface area (TPSA) is 101 Å². The summed E-state index contributed by atoms with van der Waals surface area (Å²) < 4.78 is 53.0.